The van der Waals surface area contributed by atoms with Crippen LogP contribution in [-0.2, 0) is 19.6 Å². The fourth-order valence-corrected chi connectivity index (χ4v) is 4.46. The maximum absolute atomic E-state index is 12.9. The molecule has 142 valence electrons. The molecule has 1 aromatic rings. The van der Waals surface area contributed by atoms with Crippen molar-refractivity contribution in [2.24, 2.45) is 4.40 Å². The van der Waals surface area contributed by atoms with Gasteiger partial charge >= 0.3 is 0 Å². The smallest absolute Gasteiger partial charge is 0.256 e. The van der Waals surface area contributed by atoms with E-state index in [0.29, 0.717) is 37.6 Å². The summed E-state index contributed by atoms with van der Waals surface area (Å²) in [5, 5.41) is 0. The van der Waals surface area contributed by atoms with Gasteiger partial charge in [0.05, 0.1) is 24.5 Å². The van der Waals surface area contributed by atoms with Gasteiger partial charge in [0.1, 0.15) is 11.9 Å². The fraction of sp³-hybridized carbons (Fsp3) is 0.333. The molecule has 0 aliphatic carbocycles. The molecule has 1 amide bonds. The lowest BCUT2D eigenvalue weighted by molar-refractivity contribution is -0.134. The van der Waals surface area contributed by atoms with E-state index in [1.54, 1.807) is 28.2 Å². The number of hydrogen-bond donors (Lipinski definition) is 0. The van der Waals surface area contributed by atoms with Crippen LogP contribution in [0.4, 0.5) is 0 Å². The lowest BCUT2D eigenvalue weighted by Crippen LogP contribution is -2.44. The van der Waals surface area contributed by atoms with Crippen molar-refractivity contribution in [3.8, 4) is 0 Å². The molecule has 0 saturated carbocycles. The summed E-state index contributed by atoms with van der Waals surface area (Å²) >= 11 is 3.42. The van der Waals surface area contributed by atoms with Crippen LogP contribution in [-0.4, -0.2) is 62.0 Å². The molecule has 0 radical (unpaired) electrons. The molecule has 7 nitrogen and oxygen atoms in total. The zero-order valence-corrected chi connectivity index (χ0v) is 16.8. The minimum Gasteiger partial charge on any atom is -0.370 e. The molecule has 0 spiro atoms. The number of ether oxygens (including phenoxy) is 1. The molecule has 0 bridgehead atoms. The summed E-state index contributed by atoms with van der Waals surface area (Å²) in [5.74, 6) is 0.211. The van der Waals surface area contributed by atoms with Crippen molar-refractivity contribution in [1.29, 1.82) is 0 Å². The number of halogens is 1. The highest BCUT2D eigenvalue weighted by Crippen LogP contribution is 2.25. The molecule has 1 atom stereocenters. The van der Waals surface area contributed by atoms with Crippen LogP contribution in [0.15, 0.2) is 57.1 Å². The SMILES string of the molecule is O=C(C1=CN2CCS(=O)(=O)N=C2C=C1)N1CCOC(c2ccc(Br)cc2)C1. The first-order chi connectivity index (χ1) is 12.9. The van der Waals surface area contributed by atoms with Crippen LogP contribution in [0.2, 0.25) is 0 Å². The van der Waals surface area contributed by atoms with Crippen molar-refractivity contribution in [3.63, 3.8) is 0 Å². The van der Waals surface area contributed by atoms with E-state index >= 15 is 0 Å². The quantitative estimate of drug-likeness (QED) is 0.685. The summed E-state index contributed by atoms with van der Waals surface area (Å²) in [7, 11) is -3.40. The Morgan fingerprint density at radius 2 is 1.96 bits per heavy atom. The molecule has 1 saturated heterocycles. The number of benzene rings is 1. The highest BCUT2D eigenvalue weighted by atomic mass is 79.9. The summed E-state index contributed by atoms with van der Waals surface area (Å²) in [5.41, 5.74) is 1.55. The van der Waals surface area contributed by atoms with Crippen molar-refractivity contribution >= 4 is 37.7 Å². The van der Waals surface area contributed by atoms with Gasteiger partial charge in [0.2, 0.25) is 0 Å². The maximum atomic E-state index is 12.9. The van der Waals surface area contributed by atoms with Crippen molar-refractivity contribution < 1.29 is 17.9 Å². The van der Waals surface area contributed by atoms with Gasteiger partial charge in [-0.25, -0.2) is 8.42 Å². The number of fused-ring (bicyclic) bond motifs is 1. The van der Waals surface area contributed by atoms with Crippen LogP contribution in [0.1, 0.15) is 11.7 Å². The van der Waals surface area contributed by atoms with E-state index in [-0.39, 0.29) is 17.8 Å². The predicted octanol–water partition coefficient (Wildman–Crippen LogP) is 1.85. The van der Waals surface area contributed by atoms with Crippen LogP contribution in [0, 0.1) is 0 Å². The van der Waals surface area contributed by atoms with Gasteiger partial charge < -0.3 is 14.5 Å². The fourth-order valence-electron chi connectivity index (χ4n) is 3.22. The second kappa shape index (κ2) is 7.21. The third kappa shape index (κ3) is 3.99. The molecule has 3 heterocycles. The van der Waals surface area contributed by atoms with Gasteiger partial charge in [0.25, 0.3) is 15.9 Å². The molecule has 1 fully saturated rings. The first-order valence-electron chi connectivity index (χ1n) is 8.57. The van der Waals surface area contributed by atoms with Gasteiger partial charge in [-0.15, -0.1) is 4.40 Å². The average molecular weight is 452 g/mol. The minimum atomic E-state index is -3.40. The Morgan fingerprint density at radius 1 is 1.19 bits per heavy atom. The Labute approximate surface area is 166 Å². The lowest BCUT2D eigenvalue weighted by atomic mass is 10.1. The summed E-state index contributed by atoms with van der Waals surface area (Å²) < 4.78 is 33.8. The molecule has 0 aromatic heterocycles. The number of hydrogen-bond acceptors (Lipinski definition) is 5. The van der Waals surface area contributed by atoms with Crippen molar-refractivity contribution in [2.45, 2.75) is 6.10 Å². The van der Waals surface area contributed by atoms with Crippen molar-refractivity contribution in [1.82, 2.24) is 9.80 Å². The molecular weight excluding hydrogens is 434 g/mol. The molecule has 1 aromatic carbocycles. The van der Waals surface area contributed by atoms with E-state index in [2.05, 4.69) is 20.3 Å². The predicted molar refractivity (Wildman–Crippen MR) is 105 cm³/mol. The Kier molecular flexibility index (Phi) is 4.92. The Bertz CT molecular complexity index is 953. The largest absolute Gasteiger partial charge is 0.370 e. The van der Waals surface area contributed by atoms with Crippen molar-refractivity contribution in [3.05, 3.63) is 58.2 Å². The Balaban J connectivity index is 1.49. The standard InChI is InChI=1S/C18H18BrN3O4S/c19-15-4-1-13(2-5-15)16-12-22(7-9-26-16)18(23)14-3-6-17-20-27(24,25)10-8-21(17)11-14/h1-6,11,16H,7-10,12H2. The topological polar surface area (TPSA) is 79.3 Å². The third-order valence-electron chi connectivity index (χ3n) is 4.67. The van der Waals surface area contributed by atoms with Crippen LogP contribution in [0.25, 0.3) is 0 Å². The van der Waals surface area contributed by atoms with Gasteiger partial charge in [-0.05, 0) is 29.8 Å². The number of amides is 1. The molecule has 4 rings (SSSR count). The number of carbonyl (C=O) groups excluding carboxylic acids is 1. The van der Waals surface area contributed by atoms with Crippen LogP contribution in [0.3, 0.4) is 0 Å². The average Bonchev–Trinajstić information content (AvgIpc) is 2.67. The number of amidine groups is 1. The maximum Gasteiger partial charge on any atom is 0.256 e. The minimum absolute atomic E-state index is 0.0501. The first-order valence-corrected chi connectivity index (χ1v) is 11.0. The van der Waals surface area contributed by atoms with Gasteiger partial charge in [-0.2, -0.15) is 0 Å². The van der Waals surface area contributed by atoms with Crippen LogP contribution in [0.5, 0.6) is 0 Å². The zero-order valence-electron chi connectivity index (χ0n) is 14.4. The van der Waals surface area contributed by atoms with Gasteiger partial charge in [0.15, 0.2) is 0 Å². The van der Waals surface area contributed by atoms with Gasteiger partial charge in [-0.3, -0.25) is 4.79 Å². The summed E-state index contributed by atoms with van der Waals surface area (Å²) in [6.45, 7) is 1.76. The number of rotatable bonds is 2. The Morgan fingerprint density at radius 3 is 2.74 bits per heavy atom. The van der Waals surface area contributed by atoms with Crippen LogP contribution < -0.4 is 0 Å². The van der Waals surface area contributed by atoms with E-state index in [1.807, 2.05) is 24.3 Å². The number of carbonyl (C=O) groups is 1. The van der Waals surface area contributed by atoms with Gasteiger partial charge in [-0.1, -0.05) is 28.1 Å². The third-order valence-corrected chi connectivity index (χ3v) is 6.36. The first kappa shape index (κ1) is 18.4. The van der Waals surface area contributed by atoms with E-state index in [4.69, 9.17) is 4.74 Å². The monoisotopic (exact) mass is 451 g/mol. The summed E-state index contributed by atoms with van der Waals surface area (Å²) in [6.07, 6.45) is 4.72. The highest BCUT2D eigenvalue weighted by molar-refractivity contribution is 9.10. The summed E-state index contributed by atoms with van der Waals surface area (Å²) in [6, 6.07) is 7.88. The number of morpholine rings is 1. The van der Waals surface area contributed by atoms with Crippen LogP contribution >= 0.6 is 15.9 Å². The molecule has 3 aliphatic heterocycles. The molecule has 9 heteroatoms. The second-order valence-electron chi connectivity index (χ2n) is 6.51. The van der Waals surface area contributed by atoms with E-state index in [1.165, 1.54) is 0 Å². The molecule has 3 aliphatic rings. The highest BCUT2D eigenvalue weighted by Gasteiger charge is 2.29. The van der Waals surface area contributed by atoms with Gasteiger partial charge in [0, 0.05) is 23.8 Å². The van der Waals surface area contributed by atoms with E-state index < -0.39 is 10.0 Å². The summed E-state index contributed by atoms with van der Waals surface area (Å²) in [4.78, 5) is 16.4. The number of sulfonamides is 1. The van der Waals surface area contributed by atoms with Crippen molar-refractivity contribution in [2.75, 3.05) is 32.0 Å². The van der Waals surface area contributed by atoms with E-state index in [0.717, 1.165) is 10.0 Å². The molecule has 1 unspecified atom stereocenters. The molecule has 27 heavy (non-hydrogen) atoms. The normalized spacial score (nSPS) is 24.1. The number of nitrogens with zero attached hydrogens (tertiary/aromatic N) is 3. The Hall–Kier alpha value is -1.97. The van der Waals surface area contributed by atoms with E-state index in [9.17, 15) is 13.2 Å². The zero-order chi connectivity index (χ0) is 19.0. The molecule has 0 N–H and O–H groups in total. The molecular formula is C18H18BrN3O4S. The lowest BCUT2D eigenvalue weighted by Gasteiger charge is -2.34. The second-order valence-corrected chi connectivity index (χ2v) is 9.18.